The van der Waals surface area contributed by atoms with Gasteiger partial charge in [0.1, 0.15) is 0 Å². The summed E-state index contributed by atoms with van der Waals surface area (Å²) in [6.45, 7) is 6.62. The molecule has 0 heterocycles. The van der Waals surface area contributed by atoms with Crippen molar-refractivity contribution < 1.29 is 0 Å². The zero-order chi connectivity index (χ0) is 5.98. The lowest BCUT2D eigenvalue weighted by molar-refractivity contribution is 0.893. The van der Waals surface area contributed by atoms with E-state index >= 15 is 0 Å². The van der Waals surface area contributed by atoms with E-state index in [4.69, 9.17) is 12.3 Å². The molecule has 8 heavy (non-hydrogen) atoms. The molecule has 1 aliphatic rings. The van der Waals surface area contributed by atoms with Crippen molar-refractivity contribution in [1.29, 1.82) is 0 Å². The Hall–Kier alpha value is -0.970. The van der Waals surface area contributed by atoms with E-state index in [1.165, 1.54) is 0 Å². The Bertz CT molecular complexity index is 162. The fourth-order valence-electron chi connectivity index (χ4n) is 0.879. The normalized spacial score (nSPS) is 18.9. The first-order chi connectivity index (χ1) is 3.84. The molecule has 0 unspecified atom stereocenters. The zero-order valence-electron chi connectivity index (χ0n) is 4.65. The van der Waals surface area contributed by atoms with E-state index in [9.17, 15) is 0 Å². The maximum absolute atomic E-state index is 6.62. The maximum Gasteiger partial charge on any atom is 0.183 e. The Labute approximate surface area is 48.8 Å². The average molecular weight is 108 g/mol. The predicted molar refractivity (Wildman–Crippen MR) is 31.7 cm³/mol. The molecule has 0 saturated heterocycles. The first kappa shape index (κ1) is 5.17. The summed E-state index contributed by atoms with van der Waals surface area (Å²) in [5, 5.41) is 0. The third kappa shape index (κ3) is 0.671. The minimum atomic E-state index is 0.782. The van der Waals surface area contributed by atoms with Crippen LogP contribution in [-0.2, 0) is 0 Å². The van der Waals surface area contributed by atoms with Gasteiger partial charge >= 0.3 is 0 Å². The van der Waals surface area contributed by atoms with Gasteiger partial charge in [-0.3, -0.25) is 0 Å². The van der Waals surface area contributed by atoms with Crippen molar-refractivity contribution in [2.24, 2.45) is 5.73 Å². The van der Waals surface area contributed by atoms with Gasteiger partial charge in [-0.25, -0.2) is 4.85 Å². The fraction of sp³-hybridized carbons (Fsp3) is 0.500. The van der Waals surface area contributed by atoms with Crippen LogP contribution in [0, 0.1) is 6.57 Å². The van der Waals surface area contributed by atoms with Crippen LogP contribution in [0.25, 0.3) is 4.85 Å². The van der Waals surface area contributed by atoms with Crippen LogP contribution < -0.4 is 5.73 Å². The minimum Gasteiger partial charge on any atom is -0.411 e. The van der Waals surface area contributed by atoms with Crippen LogP contribution in [0.1, 0.15) is 19.3 Å². The smallest absolute Gasteiger partial charge is 0.183 e. The molecule has 2 nitrogen and oxygen atoms in total. The van der Waals surface area contributed by atoms with Crippen LogP contribution in [0.2, 0.25) is 0 Å². The second kappa shape index (κ2) is 1.87. The molecule has 0 aromatic heterocycles. The minimum absolute atomic E-state index is 0.782. The SMILES string of the molecule is [C-]#[N+]C1=C(N)CCC1. The number of rotatable bonds is 0. The zero-order valence-corrected chi connectivity index (χ0v) is 4.65. The summed E-state index contributed by atoms with van der Waals surface area (Å²) in [6.07, 6.45) is 2.90. The quantitative estimate of drug-likeness (QED) is 0.465. The van der Waals surface area contributed by atoms with Gasteiger partial charge in [-0.2, -0.15) is 0 Å². The van der Waals surface area contributed by atoms with Gasteiger partial charge in [0, 0.05) is 5.70 Å². The lowest BCUT2D eigenvalue weighted by Crippen LogP contribution is -1.92. The molecule has 2 N–H and O–H groups in total. The molecule has 0 saturated carbocycles. The molecule has 2 heteroatoms. The van der Waals surface area contributed by atoms with Crippen LogP contribution in [0.3, 0.4) is 0 Å². The molecule has 0 aromatic carbocycles. The molecule has 0 atom stereocenters. The summed E-state index contributed by atoms with van der Waals surface area (Å²) in [6, 6.07) is 0. The van der Waals surface area contributed by atoms with E-state index in [-0.39, 0.29) is 0 Å². The average Bonchev–Trinajstić information content (AvgIpc) is 2.14. The number of allylic oxidation sites excluding steroid dienone is 2. The van der Waals surface area contributed by atoms with Gasteiger partial charge in [0.25, 0.3) is 0 Å². The molecule has 1 rings (SSSR count). The maximum atomic E-state index is 6.62. The molecule has 0 aromatic rings. The Morgan fingerprint density at radius 2 is 2.25 bits per heavy atom. The molecule has 0 bridgehead atoms. The largest absolute Gasteiger partial charge is 0.411 e. The van der Waals surface area contributed by atoms with Crippen LogP contribution >= 0.6 is 0 Å². The summed E-state index contributed by atoms with van der Waals surface area (Å²) >= 11 is 0. The molecule has 0 aliphatic heterocycles. The van der Waals surface area contributed by atoms with Crippen LogP contribution in [-0.4, -0.2) is 0 Å². The van der Waals surface area contributed by atoms with E-state index in [2.05, 4.69) is 4.85 Å². The van der Waals surface area contributed by atoms with Gasteiger partial charge in [-0.15, -0.1) is 0 Å². The molecular formula is C6H8N2. The van der Waals surface area contributed by atoms with Crippen molar-refractivity contribution in [3.05, 3.63) is 22.8 Å². The van der Waals surface area contributed by atoms with Crippen molar-refractivity contribution in [2.75, 3.05) is 0 Å². The van der Waals surface area contributed by atoms with Crippen molar-refractivity contribution in [1.82, 2.24) is 0 Å². The van der Waals surface area contributed by atoms with Crippen LogP contribution in [0.4, 0.5) is 0 Å². The lowest BCUT2D eigenvalue weighted by atomic mass is 10.3. The first-order valence-electron chi connectivity index (χ1n) is 2.69. The second-order valence-electron chi connectivity index (χ2n) is 1.94. The van der Waals surface area contributed by atoms with E-state index in [0.717, 1.165) is 30.7 Å². The van der Waals surface area contributed by atoms with Crippen molar-refractivity contribution >= 4 is 0 Å². The van der Waals surface area contributed by atoms with Crippen LogP contribution in [0.5, 0.6) is 0 Å². The highest BCUT2D eigenvalue weighted by Crippen LogP contribution is 2.22. The van der Waals surface area contributed by atoms with Gasteiger partial charge in [0.15, 0.2) is 5.70 Å². The summed E-state index contributed by atoms with van der Waals surface area (Å²) in [7, 11) is 0. The van der Waals surface area contributed by atoms with Crippen molar-refractivity contribution in [2.45, 2.75) is 19.3 Å². The summed E-state index contributed by atoms with van der Waals surface area (Å²) in [5.74, 6) is 0. The van der Waals surface area contributed by atoms with E-state index < -0.39 is 0 Å². The standard InChI is InChI=1S/C6H8N2/c1-8-6-4-2-3-5(6)7/h2-4,7H2. The monoisotopic (exact) mass is 108 g/mol. The molecule has 0 radical (unpaired) electrons. The van der Waals surface area contributed by atoms with Crippen LogP contribution in [0.15, 0.2) is 11.4 Å². The summed E-state index contributed by atoms with van der Waals surface area (Å²) in [4.78, 5) is 3.27. The molecule has 0 spiro atoms. The molecular weight excluding hydrogens is 100 g/mol. The second-order valence-corrected chi connectivity index (χ2v) is 1.94. The lowest BCUT2D eigenvalue weighted by Gasteiger charge is -1.86. The predicted octanol–water partition coefficient (Wildman–Crippen LogP) is 1.26. The number of hydrogen-bond donors (Lipinski definition) is 1. The summed E-state index contributed by atoms with van der Waals surface area (Å²) < 4.78 is 0. The number of hydrogen-bond acceptors (Lipinski definition) is 1. The third-order valence-corrected chi connectivity index (χ3v) is 1.37. The molecule has 1 aliphatic carbocycles. The third-order valence-electron chi connectivity index (χ3n) is 1.37. The highest BCUT2D eigenvalue weighted by atomic mass is 14.7. The Morgan fingerprint density at radius 1 is 1.50 bits per heavy atom. The van der Waals surface area contributed by atoms with E-state index in [1.807, 2.05) is 0 Å². The molecule has 0 fully saturated rings. The van der Waals surface area contributed by atoms with Gasteiger partial charge in [-0.1, -0.05) is 6.42 Å². The highest BCUT2D eigenvalue weighted by Gasteiger charge is 2.09. The molecule has 0 amide bonds. The van der Waals surface area contributed by atoms with Gasteiger partial charge in [0.05, 0.1) is 6.57 Å². The summed E-state index contributed by atoms with van der Waals surface area (Å²) in [5.41, 5.74) is 7.04. The first-order valence-corrected chi connectivity index (χ1v) is 2.69. The van der Waals surface area contributed by atoms with Gasteiger partial charge in [0.2, 0.25) is 0 Å². The molecule has 42 valence electrons. The highest BCUT2D eigenvalue weighted by molar-refractivity contribution is 5.21. The van der Waals surface area contributed by atoms with Gasteiger partial charge in [-0.05, 0) is 12.8 Å². The number of nitrogens with zero attached hydrogens (tertiary/aromatic N) is 1. The van der Waals surface area contributed by atoms with Gasteiger partial charge < -0.3 is 5.73 Å². The topological polar surface area (TPSA) is 30.4 Å². The Kier molecular flexibility index (Phi) is 1.21. The Morgan fingerprint density at radius 3 is 2.50 bits per heavy atom. The fourth-order valence-corrected chi connectivity index (χ4v) is 0.879. The van der Waals surface area contributed by atoms with E-state index in [1.54, 1.807) is 0 Å². The van der Waals surface area contributed by atoms with E-state index in [0.29, 0.717) is 0 Å². The Balaban J connectivity index is 2.77. The van der Waals surface area contributed by atoms with Crippen molar-refractivity contribution in [3.63, 3.8) is 0 Å². The number of nitrogens with two attached hydrogens (primary N) is 1. The van der Waals surface area contributed by atoms with Crippen molar-refractivity contribution in [3.8, 4) is 0 Å².